The fourth-order valence-corrected chi connectivity index (χ4v) is 3.86. The molecule has 0 saturated carbocycles. The van der Waals surface area contributed by atoms with Crippen molar-refractivity contribution in [2.45, 2.75) is 13.3 Å². The maximum absolute atomic E-state index is 12.7. The molecule has 0 aliphatic carbocycles. The highest BCUT2D eigenvalue weighted by Gasteiger charge is 2.29. The summed E-state index contributed by atoms with van der Waals surface area (Å²) in [5.41, 5.74) is 10.0. The number of nitrogens with one attached hydrogen (secondary N) is 3. The zero-order valence-corrected chi connectivity index (χ0v) is 17.4. The number of ether oxygens (including phenoxy) is 2. The summed E-state index contributed by atoms with van der Waals surface area (Å²) in [6.45, 7) is 2.86. The highest BCUT2D eigenvalue weighted by molar-refractivity contribution is 6.32. The van der Waals surface area contributed by atoms with E-state index in [-0.39, 0.29) is 11.7 Å². The SMILES string of the molecule is CCOc1c(-c2[nH]c3c(c2Nc2cccc(Cl)c2OC)C(=O)NCC3)ccnc1N. The van der Waals surface area contributed by atoms with Crippen LogP contribution in [0.15, 0.2) is 30.5 Å². The summed E-state index contributed by atoms with van der Waals surface area (Å²) in [7, 11) is 1.54. The van der Waals surface area contributed by atoms with Crippen LogP contribution in [0, 0.1) is 0 Å². The first kappa shape index (κ1) is 19.9. The number of nitrogens with two attached hydrogens (primary N) is 1. The summed E-state index contributed by atoms with van der Waals surface area (Å²) in [6.07, 6.45) is 2.28. The number of nitrogen functional groups attached to an aromatic ring is 1. The van der Waals surface area contributed by atoms with Gasteiger partial charge in [0.05, 0.1) is 41.4 Å². The lowest BCUT2D eigenvalue weighted by molar-refractivity contribution is 0.0947. The van der Waals surface area contributed by atoms with Gasteiger partial charge >= 0.3 is 0 Å². The van der Waals surface area contributed by atoms with Gasteiger partial charge in [0.1, 0.15) is 0 Å². The third-order valence-electron chi connectivity index (χ3n) is 4.89. The van der Waals surface area contributed by atoms with Crippen molar-refractivity contribution in [2.75, 3.05) is 31.3 Å². The molecule has 1 aromatic carbocycles. The number of H-pyrrole nitrogens is 1. The number of carbonyl (C=O) groups excluding carboxylic acids is 1. The Labute approximate surface area is 178 Å². The third kappa shape index (κ3) is 3.39. The van der Waals surface area contributed by atoms with Crippen LogP contribution in [0.5, 0.6) is 11.5 Å². The molecule has 30 heavy (non-hydrogen) atoms. The van der Waals surface area contributed by atoms with Crippen molar-refractivity contribution in [3.05, 3.63) is 46.7 Å². The number of benzene rings is 1. The molecule has 0 atom stereocenters. The number of amides is 1. The number of aromatic nitrogens is 2. The second-order valence-electron chi connectivity index (χ2n) is 6.69. The topological polar surface area (TPSA) is 114 Å². The van der Waals surface area contributed by atoms with E-state index in [0.717, 1.165) is 5.69 Å². The largest absolute Gasteiger partial charge is 0.493 e. The average molecular weight is 428 g/mol. The predicted molar refractivity (Wildman–Crippen MR) is 117 cm³/mol. The molecule has 2 aromatic heterocycles. The first-order valence-electron chi connectivity index (χ1n) is 9.55. The molecular formula is C21H22ClN5O3. The maximum atomic E-state index is 12.7. The maximum Gasteiger partial charge on any atom is 0.255 e. The van der Waals surface area contributed by atoms with Gasteiger partial charge in [-0.25, -0.2) is 4.98 Å². The van der Waals surface area contributed by atoms with E-state index in [9.17, 15) is 4.79 Å². The molecule has 8 nitrogen and oxygen atoms in total. The van der Waals surface area contributed by atoms with E-state index in [2.05, 4.69) is 20.6 Å². The number of hydrogen-bond acceptors (Lipinski definition) is 6. The van der Waals surface area contributed by atoms with Gasteiger partial charge in [0.15, 0.2) is 17.3 Å². The minimum absolute atomic E-state index is 0.165. The van der Waals surface area contributed by atoms with E-state index >= 15 is 0 Å². The van der Waals surface area contributed by atoms with Crippen molar-refractivity contribution >= 4 is 34.7 Å². The molecule has 3 aromatic rings. The molecule has 5 N–H and O–H groups in total. The van der Waals surface area contributed by atoms with Crippen LogP contribution in [-0.4, -0.2) is 36.1 Å². The number of carbonyl (C=O) groups is 1. The van der Waals surface area contributed by atoms with Crippen molar-refractivity contribution in [3.63, 3.8) is 0 Å². The Balaban J connectivity index is 1.93. The third-order valence-corrected chi connectivity index (χ3v) is 5.18. The van der Waals surface area contributed by atoms with Gasteiger partial charge in [-0.05, 0) is 25.1 Å². The average Bonchev–Trinajstić information content (AvgIpc) is 3.09. The van der Waals surface area contributed by atoms with E-state index in [1.54, 1.807) is 25.4 Å². The van der Waals surface area contributed by atoms with E-state index in [0.29, 0.717) is 64.3 Å². The Hall–Kier alpha value is -3.39. The molecule has 1 aliphatic rings. The molecule has 0 spiro atoms. The molecular weight excluding hydrogens is 406 g/mol. The van der Waals surface area contributed by atoms with Crippen LogP contribution in [0.2, 0.25) is 5.02 Å². The fourth-order valence-electron chi connectivity index (χ4n) is 3.61. The van der Waals surface area contributed by atoms with Crippen molar-refractivity contribution in [3.8, 4) is 22.8 Å². The number of pyridine rings is 1. The van der Waals surface area contributed by atoms with Crippen LogP contribution in [0.3, 0.4) is 0 Å². The summed E-state index contributed by atoms with van der Waals surface area (Å²) in [4.78, 5) is 20.3. The minimum Gasteiger partial charge on any atom is -0.493 e. The number of aromatic amines is 1. The molecule has 0 fully saturated rings. The number of rotatable bonds is 6. The minimum atomic E-state index is -0.165. The summed E-state index contributed by atoms with van der Waals surface area (Å²) in [6, 6.07) is 7.18. The lowest BCUT2D eigenvalue weighted by atomic mass is 10.0. The summed E-state index contributed by atoms with van der Waals surface area (Å²) in [5, 5.41) is 6.70. The van der Waals surface area contributed by atoms with E-state index < -0.39 is 0 Å². The van der Waals surface area contributed by atoms with Crippen molar-refractivity contribution in [1.82, 2.24) is 15.3 Å². The van der Waals surface area contributed by atoms with Gasteiger partial charge in [-0.2, -0.15) is 0 Å². The lowest BCUT2D eigenvalue weighted by Crippen LogP contribution is -2.31. The molecule has 1 amide bonds. The van der Waals surface area contributed by atoms with Gasteiger partial charge in [0, 0.05) is 30.4 Å². The smallest absolute Gasteiger partial charge is 0.255 e. The number of fused-ring (bicyclic) bond motifs is 1. The van der Waals surface area contributed by atoms with Gasteiger partial charge in [0.25, 0.3) is 5.91 Å². The Bertz CT molecular complexity index is 1110. The van der Waals surface area contributed by atoms with Crippen molar-refractivity contribution in [1.29, 1.82) is 0 Å². The molecule has 1 aliphatic heterocycles. The quantitative estimate of drug-likeness (QED) is 0.476. The van der Waals surface area contributed by atoms with Gasteiger partial charge < -0.3 is 30.8 Å². The summed E-state index contributed by atoms with van der Waals surface area (Å²) >= 11 is 6.29. The van der Waals surface area contributed by atoms with Gasteiger partial charge in [-0.1, -0.05) is 17.7 Å². The summed E-state index contributed by atoms with van der Waals surface area (Å²) < 4.78 is 11.2. The van der Waals surface area contributed by atoms with Crippen LogP contribution in [0.1, 0.15) is 23.0 Å². The molecule has 4 rings (SSSR count). The first-order valence-corrected chi connectivity index (χ1v) is 9.93. The zero-order chi connectivity index (χ0) is 21.3. The molecule has 3 heterocycles. The highest BCUT2D eigenvalue weighted by Crippen LogP contribution is 2.43. The molecule has 0 unspecified atom stereocenters. The molecule has 0 saturated heterocycles. The lowest BCUT2D eigenvalue weighted by Gasteiger charge is -2.17. The van der Waals surface area contributed by atoms with Crippen LogP contribution >= 0.6 is 11.6 Å². The number of halogens is 1. The van der Waals surface area contributed by atoms with Crippen LogP contribution in [0.25, 0.3) is 11.3 Å². The first-order chi connectivity index (χ1) is 14.5. The monoisotopic (exact) mass is 427 g/mol. The second-order valence-corrected chi connectivity index (χ2v) is 7.09. The van der Waals surface area contributed by atoms with Gasteiger partial charge in [0.2, 0.25) is 0 Å². The van der Waals surface area contributed by atoms with E-state index in [1.807, 2.05) is 19.1 Å². The normalized spacial score (nSPS) is 12.8. The summed E-state index contributed by atoms with van der Waals surface area (Å²) in [5.74, 6) is 1.05. The van der Waals surface area contributed by atoms with Crippen molar-refractivity contribution in [2.24, 2.45) is 0 Å². The van der Waals surface area contributed by atoms with E-state index in [1.165, 1.54) is 0 Å². The Kier molecular flexibility index (Phi) is 5.41. The number of hydrogen-bond donors (Lipinski definition) is 4. The number of para-hydroxylation sites is 1. The van der Waals surface area contributed by atoms with Crippen LogP contribution < -0.4 is 25.8 Å². The van der Waals surface area contributed by atoms with Crippen LogP contribution in [0.4, 0.5) is 17.2 Å². The molecule has 9 heteroatoms. The van der Waals surface area contributed by atoms with Gasteiger partial charge in [-0.3, -0.25) is 4.79 Å². The molecule has 156 valence electrons. The second kappa shape index (κ2) is 8.16. The van der Waals surface area contributed by atoms with Gasteiger partial charge in [-0.15, -0.1) is 0 Å². The number of anilines is 3. The molecule has 0 radical (unpaired) electrons. The highest BCUT2D eigenvalue weighted by atomic mass is 35.5. The standard InChI is InChI=1S/C21H22ClN5O3/c1-3-30-18-11(7-9-24-20(18)23)16-17(15-13(26-16)8-10-25-21(15)28)27-14-6-4-5-12(22)19(14)29-2/h4-7,9,26-27H,3,8,10H2,1-2H3,(H2,23,24)(H,25,28). The predicted octanol–water partition coefficient (Wildman–Crippen LogP) is 3.75. The Morgan fingerprint density at radius 3 is 2.90 bits per heavy atom. The van der Waals surface area contributed by atoms with Crippen molar-refractivity contribution < 1.29 is 14.3 Å². The van der Waals surface area contributed by atoms with E-state index in [4.69, 9.17) is 26.8 Å². The Morgan fingerprint density at radius 2 is 2.13 bits per heavy atom. The molecule has 0 bridgehead atoms. The van der Waals surface area contributed by atoms with Crippen LogP contribution in [-0.2, 0) is 6.42 Å². The fraction of sp³-hybridized carbons (Fsp3) is 0.238. The Morgan fingerprint density at radius 1 is 1.30 bits per heavy atom. The number of methoxy groups -OCH3 is 1. The number of nitrogens with zero attached hydrogens (tertiary/aromatic N) is 1. The zero-order valence-electron chi connectivity index (χ0n) is 16.6.